The second-order valence-electron chi connectivity index (χ2n) is 8.29. The van der Waals surface area contributed by atoms with Crippen LogP contribution in [0.2, 0.25) is 5.02 Å². The molecule has 1 N–H and O–H groups in total. The largest absolute Gasteiger partial charge is 0.352 e. The van der Waals surface area contributed by atoms with Gasteiger partial charge in [-0.25, -0.2) is 4.98 Å². The first-order valence-corrected chi connectivity index (χ1v) is 13.1. The topological polar surface area (TPSA) is 81.1 Å². The molecule has 1 heterocycles. The predicted octanol–water partition coefficient (Wildman–Crippen LogP) is 5.41. The third-order valence-corrected chi connectivity index (χ3v) is 6.91. The molecule has 0 fully saturated rings. The minimum absolute atomic E-state index is 0.0895. The predicted molar refractivity (Wildman–Crippen MR) is 145 cm³/mol. The maximum absolute atomic E-state index is 13.5. The number of thioether (sulfide) groups is 1. The van der Waals surface area contributed by atoms with Crippen molar-refractivity contribution in [3.8, 4) is 0 Å². The molecule has 6 nitrogen and oxygen atoms in total. The number of aryl methyl sites for hydroxylation is 1. The highest BCUT2D eigenvalue weighted by molar-refractivity contribution is 7.99. The Bertz CT molecular complexity index is 1440. The van der Waals surface area contributed by atoms with E-state index >= 15 is 0 Å². The van der Waals surface area contributed by atoms with Gasteiger partial charge in [0.25, 0.3) is 11.5 Å². The highest BCUT2D eigenvalue weighted by Crippen LogP contribution is 2.21. The maximum Gasteiger partial charge on any atom is 0.262 e. The third-order valence-electron chi connectivity index (χ3n) is 5.68. The molecule has 8 heteroatoms. The van der Waals surface area contributed by atoms with Crippen molar-refractivity contribution >= 4 is 46.0 Å². The van der Waals surface area contributed by atoms with Crippen molar-refractivity contribution in [3.05, 3.63) is 105 Å². The minimum Gasteiger partial charge on any atom is -0.352 e. The number of nitrogens with one attached hydrogen (secondary N) is 1. The van der Waals surface area contributed by atoms with Crippen LogP contribution >= 0.6 is 23.4 Å². The number of fused-ring (bicyclic) bond motifs is 1. The first-order chi connectivity index (χ1) is 17.5. The first-order valence-electron chi connectivity index (χ1n) is 11.7. The van der Waals surface area contributed by atoms with E-state index in [9.17, 15) is 14.4 Å². The monoisotopic (exact) mass is 519 g/mol. The molecule has 0 spiro atoms. The Morgan fingerprint density at radius 1 is 1.00 bits per heavy atom. The zero-order valence-corrected chi connectivity index (χ0v) is 21.4. The van der Waals surface area contributed by atoms with Gasteiger partial charge in [-0.2, -0.15) is 0 Å². The first kappa shape index (κ1) is 25.7. The van der Waals surface area contributed by atoms with E-state index in [2.05, 4.69) is 5.32 Å². The van der Waals surface area contributed by atoms with Crippen LogP contribution in [0.25, 0.3) is 10.9 Å². The average Bonchev–Trinajstić information content (AvgIpc) is 2.90. The molecule has 0 aliphatic rings. The maximum atomic E-state index is 13.5. The summed E-state index contributed by atoms with van der Waals surface area (Å²) in [5, 5.41) is 4.28. The highest BCUT2D eigenvalue weighted by atomic mass is 35.5. The molecule has 0 unspecified atom stereocenters. The molecule has 0 aliphatic heterocycles. The number of hydrogen-bond acceptors (Lipinski definition) is 5. The smallest absolute Gasteiger partial charge is 0.262 e. The van der Waals surface area contributed by atoms with Gasteiger partial charge in [-0.3, -0.25) is 19.0 Å². The van der Waals surface area contributed by atoms with Crippen LogP contribution in [0.15, 0.2) is 82.7 Å². The van der Waals surface area contributed by atoms with Gasteiger partial charge in [-0.1, -0.05) is 60.6 Å². The Kier molecular flexibility index (Phi) is 8.57. The lowest BCUT2D eigenvalue weighted by molar-refractivity contribution is 0.0953. The minimum atomic E-state index is -0.207. The Morgan fingerprint density at radius 3 is 2.44 bits per heavy atom. The normalized spacial score (nSPS) is 10.9. The lowest BCUT2D eigenvalue weighted by Crippen LogP contribution is -2.26. The number of amides is 1. The Balaban J connectivity index is 1.67. The van der Waals surface area contributed by atoms with Gasteiger partial charge in [0.15, 0.2) is 10.9 Å². The van der Waals surface area contributed by atoms with E-state index in [4.69, 9.17) is 16.6 Å². The van der Waals surface area contributed by atoms with Crippen molar-refractivity contribution in [1.82, 2.24) is 14.9 Å². The molecule has 0 bridgehead atoms. The van der Waals surface area contributed by atoms with Crippen LogP contribution in [-0.2, 0) is 13.0 Å². The second kappa shape index (κ2) is 12.0. The number of halogens is 1. The zero-order chi connectivity index (χ0) is 25.5. The molecule has 0 radical (unpaired) electrons. The lowest BCUT2D eigenvalue weighted by atomic mass is 10.1. The van der Waals surface area contributed by atoms with Gasteiger partial charge >= 0.3 is 0 Å². The van der Waals surface area contributed by atoms with Gasteiger partial charge in [0.05, 0.1) is 16.7 Å². The van der Waals surface area contributed by atoms with Gasteiger partial charge in [0.1, 0.15) is 0 Å². The summed E-state index contributed by atoms with van der Waals surface area (Å²) in [6, 6.07) is 21.5. The summed E-state index contributed by atoms with van der Waals surface area (Å²) in [5.74, 6) is -0.184. The molecule has 1 aromatic heterocycles. The number of nitrogens with zero attached hydrogens (tertiary/aromatic N) is 2. The molecule has 184 valence electrons. The summed E-state index contributed by atoms with van der Waals surface area (Å²) in [5.41, 5.74) is 2.32. The standard InChI is InChI=1S/C28H26ClN3O3S/c1-2-15-30-26(34)21-10-13-23-24(17-21)31-28(36-18-25(33)20-8-11-22(29)12-9-20)32(27(23)35)16-14-19-6-4-3-5-7-19/h3-13,17H,2,14-16,18H2,1H3,(H,30,34). The molecule has 0 saturated carbocycles. The lowest BCUT2D eigenvalue weighted by Gasteiger charge is -2.14. The molecule has 0 saturated heterocycles. The SMILES string of the molecule is CCCNC(=O)c1ccc2c(=O)n(CCc3ccccc3)c(SCC(=O)c3ccc(Cl)cc3)nc2c1. The van der Waals surface area contributed by atoms with Crippen molar-refractivity contribution < 1.29 is 9.59 Å². The van der Waals surface area contributed by atoms with Crippen molar-refractivity contribution in [2.24, 2.45) is 0 Å². The summed E-state index contributed by atoms with van der Waals surface area (Å²) < 4.78 is 1.62. The molecule has 36 heavy (non-hydrogen) atoms. The Morgan fingerprint density at radius 2 is 1.72 bits per heavy atom. The van der Waals surface area contributed by atoms with Crippen LogP contribution in [0.5, 0.6) is 0 Å². The summed E-state index contributed by atoms with van der Waals surface area (Å²) >= 11 is 7.15. The van der Waals surface area contributed by atoms with E-state index in [0.717, 1.165) is 12.0 Å². The Labute approximate surface area is 218 Å². The molecule has 3 aromatic carbocycles. The van der Waals surface area contributed by atoms with Gasteiger partial charge in [0, 0.05) is 29.2 Å². The van der Waals surface area contributed by atoms with E-state index < -0.39 is 0 Å². The van der Waals surface area contributed by atoms with Crippen molar-refractivity contribution in [2.75, 3.05) is 12.3 Å². The van der Waals surface area contributed by atoms with Crippen LogP contribution in [0, 0.1) is 0 Å². The summed E-state index contributed by atoms with van der Waals surface area (Å²) in [6.07, 6.45) is 1.47. The number of aromatic nitrogens is 2. The number of carbonyl (C=O) groups is 2. The molecule has 1 amide bonds. The molecule has 4 aromatic rings. The molecule has 0 aliphatic carbocycles. The van der Waals surface area contributed by atoms with Crippen molar-refractivity contribution in [1.29, 1.82) is 0 Å². The van der Waals surface area contributed by atoms with Gasteiger partial charge in [-0.05, 0) is 60.9 Å². The third kappa shape index (κ3) is 6.22. The van der Waals surface area contributed by atoms with Gasteiger partial charge < -0.3 is 5.32 Å². The van der Waals surface area contributed by atoms with Crippen LogP contribution in [0.4, 0.5) is 0 Å². The quantitative estimate of drug-likeness (QED) is 0.172. The molecule has 0 atom stereocenters. The molecular formula is C28H26ClN3O3S. The van der Waals surface area contributed by atoms with Gasteiger partial charge in [-0.15, -0.1) is 0 Å². The van der Waals surface area contributed by atoms with Crippen LogP contribution in [-0.4, -0.2) is 33.5 Å². The molecular weight excluding hydrogens is 494 g/mol. The summed E-state index contributed by atoms with van der Waals surface area (Å²) in [7, 11) is 0. The fraction of sp³-hybridized carbons (Fsp3) is 0.214. The van der Waals surface area contributed by atoms with Gasteiger partial charge in [0.2, 0.25) is 0 Å². The fourth-order valence-corrected chi connectivity index (χ4v) is 4.77. The average molecular weight is 520 g/mol. The van der Waals surface area contributed by atoms with Crippen LogP contribution < -0.4 is 10.9 Å². The van der Waals surface area contributed by atoms with E-state index in [1.54, 1.807) is 47.0 Å². The second-order valence-corrected chi connectivity index (χ2v) is 9.67. The van der Waals surface area contributed by atoms with Crippen molar-refractivity contribution in [3.63, 3.8) is 0 Å². The van der Waals surface area contributed by atoms with E-state index in [-0.39, 0.29) is 23.0 Å². The van der Waals surface area contributed by atoms with E-state index in [0.29, 0.717) is 51.7 Å². The van der Waals surface area contributed by atoms with Crippen LogP contribution in [0.1, 0.15) is 39.6 Å². The number of hydrogen-bond donors (Lipinski definition) is 1. The van der Waals surface area contributed by atoms with E-state index in [1.165, 1.54) is 11.8 Å². The fourth-order valence-electron chi connectivity index (χ4n) is 3.72. The number of ketones is 1. The Hall–Kier alpha value is -3.42. The molecule has 4 rings (SSSR count). The number of benzene rings is 3. The summed E-state index contributed by atoms with van der Waals surface area (Å²) in [6.45, 7) is 2.97. The number of rotatable bonds is 10. The van der Waals surface area contributed by atoms with E-state index in [1.807, 2.05) is 37.3 Å². The zero-order valence-electron chi connectivity index (χ0n) is 19.9. The van der Waals surface area contributed by atoms with Crippen molar-refractivity contribution in [2.45, 2.75) is 31.5 Å². The summed E-state index contributed by atoms with van der Waals surface area (Å²) in [4.78, 5) is 43.4. The highest BCUT2D eigenvalue weighted by Gasteiger charge is 2.16. The number of carbonyl (C=O) groups excluding carboxylic acids is 2. The van der Waals surface area contributed by atoms with Crippen LogP contribution in [0.3, 0.4) is 0 Å². The number of Topliss-reactive ketones (excluding diaryl/α,β-unsaturated/α-hetero) is 1.